The second-order valence-electron chi connectivity index (χ2n) is 5.59. The van der Waals surface area contributed by atoms with Crippen molar-refractivity contribution in [2.24, 2.45) is 0 Å². The van der Waals surface area contributed by atoms with Gasteiger partial charge in [0.1, 0.15) is 5.75 Å². The first-order valence-electron chi connectivity index (χ1n) is 8.07. The Labute approximate surface area is 165 Å². The molecule has 28 heavy (non-hydrogen) atoms. The largest absolute Gasteiger partial charge is 0.495 e. The first-order chi connectivity index (χ1) is 13.3. The molecule has 0 aromatic heterocycles. The Balaban J connectivity index is 2.00. The highest BCUT2D eigenvalue weighted by Crippen LogP contribution is 2.29. The lowest BCUT2D eigenvalue weighted by Gasteiger charge is -2.14. The van der Waals surface area contributed by atoms with Crippen LogP contribution < -0.4 is 10.1 Å². The SMILES string of the molecule is COc1ccc([N+](=O)[O-])cc1NC(=O)[C@H](C)OC(=O)/C=C/c1ccc(Cl)cc1. The maximum absolute atomic E-state index is 12.3. The van der Waals surface area contributed by atoms with Gasteiger partial charge in [-0.25, -0.2) is 4.79 Å². The molecule has 2 aromatic carbocycles. The van der Waals surface area contributed by atoms with E-state index in [1.165, 1.54) is 38.3 Å². The maximum Gasteiger partial charge on any atom is 0.331 e. The van der Waals surface area contributed by atoms with E-state index in [0.29, 0.717) is 5.02 Å². The van der Waals surface area contributed by atoms with Gasteiger partial charge in [0.2, 0.25) is 0 Å². The fraction of sp³-hybridized carbons (Fsp3) is 0.158. The third kappa shape index (κ3) is 5.82. The van der Waals surface area contributed by atoms with Crippen LogP contribution in [0.15, 0.2) is 48.5 Å². The van der Waals surface area contributed by atoms with Crippen LogP contribution >= 0.6 is 11.6 Å². The number of non-ortho nitro benzene ring substituents is 1. The number of methoxy groups -OCH3 is 1. The van der Waals surface area contributed by atoms with Gasteiger partial charge in [-0.3, -0.25) is 14.9 Å². The third-order valence-corrected chi connectivity index (χ3v) is 3.85. The number of amides is 1. The first-order valence-corrected chi connectivity index (χ1v) is 8.45. The average molecular weight is 405 g/mol. The molecule has 2 aromatic rings. The maximum atomic E-state index is 12.3. The van der Waals surface area contributed by atoms with Gasteiger partial charge in [0.05, 0.1) is 17.7 Å². The summed E-state index contributed by atoms with van der Waals surface area (Å²) in [5.41, 5.74) is 0.618. The Hall–Kier alpha value is -3.39. The topological polar surface area (TPSA) is 108 Å². The van der Waals surface area contributed by atoms with E-state index in [1.807, 2.05) is 0 Å². The van der Waals surface area contributed by atoms with Gasteiger partial charge in [-0.1, -0.05) is 23.7 Å². The van der Waals surface area contributed by atoms with Gasteiger partial charge in [-0.05, 0) is 36.8 Å². The van der Waals surface area contributed by atoms with Crippen molar-refractivity contribution in [1.82, 2.24) is 0 Å². The number of carbonyl (C=O) groups excluding carboxylic acids is 2. The van der Waals surface area contributed by atoms with E-state index >= 15 is 0 Å². The van der Waals surface area contributed by atoms with Crippen molar-refractivity contribution >= 4 is 40.9 Å². The molecule has 0 fully saturated rings. The van der Waals surface area contributed by atoms with Gasteiger partial charge >= 0.3 is 5.97 Å². The van der Waals surface area contributed by atoms with E-state index in [4.69, 9.17) is 21.1 Å². The van der Waals surface area contributed by atoms with Crippen molar-refractivity contribution in [3.05, 3.63) is 69.2 Å². The molecule has 1 atom stereocenters. The van der Waals surface area contributed by atoms with Gasteiger partial charge in [-0.2, -0.15) is 0 Å². The van der Waals surface area contributed by atoms with E-state index < -0.39 is 22.9 Å². The Morgan fingerprint density at radius 1 is 1.21 bits per heavy atom. The van der Waals surface area contributed by atoms with Crippen LogP contribution in [0.4, 0.5) is 11.4 Å². The summed E-state index contributed by atoms with van der Waals surface area (Å²) in [4.78, 5) is 34.4. The molecular weight excluding hydrogens is 388 g/mol. The molecule has 9 heteroatoms. The van der Waals surface area contributed by atoms with Crippen molar-refractivity contribution in [3.8, 4) is 5.75 Å². The summed E-state index contributed by atoms with van der Waals surface area (Å²) in [6.07, 6.45) is 1.57. The number of ether oxygens (including phenoxy) is 2. The predicted octanol–water partition coefficient (Wildman–Crippen LogP) is 3.84. The van der Waals surface area contributed by atoms with Crippen LogP contribution in [-0.2, 0) is 14.3 Å². The summed E-state index contributed by atoms with van der Waals surface area (Å²) < 4.78 is 10.1. The van der Waals surface area contributed by atoms with Crippen LogP contribution in [0.5, 0.6) is 5.75 Å². The molecule has 0 aliphatic rings. The minimum Gasteiger partial charge on any atom is -0.495 e. The molecule has 0 heterocycles. The number of nitro groups is 1. The van der Waals surface area contributed by atoms with Gasteiger partial charge in [0.25, 0.3) is 11.6 Å². The van der Waals surface area contributed by atoms with Gasteiger partial charge in [0, 0.05) is 23.2 Å². The Morgan fingerprint density at radius 2 is 1.89 bits per heavy atom. The second kappa shape index (κ2) is 9.52. The smallest absolute Gasteiger partial charge is 0.331 e. The number of hydrogen-bond acceptors (Lipinski definition) is 6. The summed E-state index contributed by atoms with van der Waals surface area (Å²) in [5.74, 6) is -1.14. The lowest BCUT2D eigenvalue weighted by atomic mass is 10.2. The zero-order valence-corrected chi connectivity index (χ0v) is 15.8. The van der Waals surface area contributed by atoms with Crippen molar-refractivity contribution in [1.29, 1.82) is 0 Å². The number of anilines is 1. The van der Waals surface area contributed by atoms with Crippen LogP contribution in [0.3, 0.4) is 0 Å². The van der Waals surface area contributed by atoms with Crippen LogP contribution in [-0.4, -0.2) is 30.0 Å². The molecule has 0 bridgehead atoms. The molecule has 0 saturated carbocycles. The molecule has 1 N–H and O–H groups in total. The molecule has 0 aliphatic heterocycles. The number of hydrogen-bond donors (Lipinski definition) is 1. The highest BCUT2D eigenvalue weighted by molar-refractivity contribution is 6.30. The summed E-state index contributed by atoms with van der Waals surface area (Å²) in [6.45, 7) is 1.38. The molecule has 2 rings (SSSR count). The Bertz CT molecular complexity index is 911. The molecular formula is C19H17ClN2O6. The molecule has 0 spiro atoms. The van der Waals surface area contributed by atoms with E-state index in [-0.39, 0.29) is 17.1 Å². The van der Waals surface area contributed by atoms with E-state index in [2.05, 4.69) is 5.32 Å². The zero-order valence-electron chi connectivity index (χ0n) is 15.0. The predicted molar refractivity (Wildman–Crippen MR) is 104 cm³/mol. The fourth-order valence-corrected chi connectivity index (χ4v) is 2.27. The summed E-state index contributed by atoms with van der Waals surface area (Å²) >= 11 is 5.79. The van der Waals surface area contributed by atoms with Crippen molar-refractivity contribution < 1.29 is 24.0 Å². The molecule has 146 valence electrons. The van der Waals surface area contributed by atoms with Gasteiger partial charge in [0.15, 0.2) is 6.10 Å². The molecule has 0 unspecified atom stereocenters. The minimum absolute atomic E-state index is 0.0984. The highest BCUT2D eigenvalue weighted by atomic mass is 35.5. The van der Waals surface area contributed by atoms with Crippen LogP contribution in [0.25, 0.3) is 6.08 Å². The van der Waals surface area contributed by atoms with E-state index in [0.717, 1.165) is 11.6 Å². The summed E-state index contributed by atoms with van der Waals surface area (Å²) in [5, 5.41) is 13.9. The van der Waals surface area contributed by atoms with E-state index in [1.54, 1.807) is 24.3 Å². The summed E-state index contributed by atoms with van der Waals surface area (Å²) in [6, 6.07) is 10.6. The van der Waals surface area contributed by atoms with Crippen molar-refractivity contribution in [2.45, 2.75) is 13.0 Å². The number of halogens is 1. The van der Waals surface area contributed by atoms with Crippen molar-refractivity contribution in [2.75, 3.05) is 12.4 Å². The van der Waals surface area contributed by atoms with Gasteiger partial charge < -0.3 is 14.8 Å². The van der Waals surface area contributed by atoms with Crippen LogP contribution in [0.2, 0.25) is 5.02 Å². The normalized spacial score (nSPS) is 11.7. The lowest BCUT2D eigenvalue weighted by molar-refractivity contribution is -0.384. The number of esters is 1. The number of nitrogens with one attached hydrogen (secondary N) is 1. The Morgan fingerprint density at radius 3 is 2.50 bits per heavy atom. The number of benzene rings is 2. The molecule has 0 saturated heterocycles. The summed E-state index contributed by atoms with van der Waals surface area (Å²) in [7, 11) is 1.36. The standard InChI is InChI=1S/C19H17ClN2O6/c1-12(28-18(23)10-5-13-3-6-14(20)7-4-13)19(24)21-16-11-15(22(25)26)8-9-17(16)27-2/h3-12H,1-2H3,(H,21,24)/b10-5+/t12-/m0/s1. The van der Waals surface area contributed by atoms with Crippen molar-refractivity contribution in [3.63, 3.8) is 0 Å². The van der Waals surface area contributed by atoms with Gasteiger partial charge in [-0.15, -0.1) is 0 Å². The fourth-order valence-electron chi connectivity index (χ4n) is 2.15. The van der Waals surface area contributed by atoms with E-state index in [9.17, 15) is 19.7 Å². The molecule has 8 nitrogen and oxygen atoms in total. The molecule has 0 aliphatic carbocycles. The quantitative estimate of drug-likeness (QED) is 0.325. The monoisotopic (exact) mass is 404 g/mol. The van der Waals surface area contributed by atoms with Crippen LogP contribution in [0, 0.1) is 10.1 Å². The number of nitrogens with zero attached hydrogens (tertiary/aromatic N) is 1. The number of carbonyl (C=O) groups is 2. The minimum atomic E-state index is -1.13. The average Bonchev–Trinajstić information content (AvgIpc) is 2.67. The third-order valence-electron chi connectivity index (χ3n) is 3.60. The number of rotatable bonds is 7. The number of nitro benzene ring substituents is 1. The molecule has 0 radical (unpaired) electrons. The van der Waals surface area contributed by atoms with Crippen LogP contribution in [0.1, 0.15) is 12.5 Å². The molecule has 1 amide bonds. The second-order valence-corrected chi connectivity index (χ2v) is 6.03. The Kier molecular flexibility index (Phi) is 7.11. The zero-order chi connectivity index (χ0) is 20.7. The lowest BCUT2D eigenvalue weighted by Crippen LogP contribution is -2.29. The highest BCUT2D eigenvalue weighted by Gasteiger charge is 2.20. The first kappa shape index (κ1) is 20.9.